The second-order valence-electron chi connectivity index (χ2n) is 9.69. The molecule has 212 valence electrons. The fourth-order valence-corrected chi connectivity index (χ4v) is 6.44. The number of rotatable bonds is 10. The van der Waals surface area contributed by atoms with Gasteiger partial charge in [0, 0.05) is 11.8 Å². The molecule has 4 rings (SSSR count). The molecule has 1 aliphatic rings. The quantitative estimate of drug-likeness (QED) is 0.298. The number of nitrogens with one attached hydrogen (secondary N) is 1. The first kappa shape index (κ1) is 29.1. The minimum Gasteiger partial charge on any atom is -0.497 e. The number of halogens is 1. The molecular formula is C30H34FN3O5S. The summed E-state index contributed by atoms with van der Waals surface area (Å²) in [6.07, 6.45) is 3.42. The Kier molecular flexibility index (Phi) is 8.78. The van der Waals surface area contributed by atoms with Crippen molar-refractivity contribution in [3.05, 3.63) is 88.7 Å². The van der Waals surface area contributed by atoms with Crippen LogP contribution in [0.15, 0.2) is 76.5 Å². The van der Waals surface area contributed by atoms with Crippen LogP contribution in [0.2, 0.25) is 0 Å². The fourth-order valence-electron chi connectivity index (χ4n) is 5.06. The highest BCUT2D eigenvalue weighted by atomic mass is 32.2. The van der Waals surface area contributed by atoms with Gasteiger partial charge in [-0.25, -0.2) is 13.4 Å². The van der Waals surface area contributed by atoms with E-state index in [1.807, 2.05) is 32.0 Å². The number of nitrogens with zero attached hydrogens (tertiary/aromatic N) is 2. The van der Waals surface area contributed by atoms with Crippen LogP contribution in [0.4, 0.5) is 4.39 Å². The highest BCUT2D eigenvalue weighted by Crippen LogP contribution is 2.37. The maximum absolute atomic E-state index is 14.0. The number of hydrogen-bond donors (Lipinski definition) is 2. The molecule has 2 heterocycles. The summed E-state index contributed by atoms with van der Waals surface area (Å²) in [5.74, 6) is -1.42. The van der Waals surface area contributed by atoms with Crippen LogP contribution in [0.25, 0.3) is 11.1 Å². The van der Waals surface area contributed by atoms with Gasteiger partial charge in [0.05, 0.1) is 18.0 Å². The van der Waals surface area contributed by atoms with E-state index in [4.69, 9.17) is 4.74 Å². The zero-order valence-corrected chi connectivity index (χ0v) is 23.8. The Labute approximate surface area is 234 Å². The maximum atomic E-state index is 14.0. The highest BCUT2D eigenvalue weighted by molar-refractivity contribution is 7.96. The van der Waals surface area contributed by atoms with Gasteiger partial charge in [0.15, 0.2) is 4.91 Å². The summed E-state index contributed by atoms with van der Waals surface area (Å²) in [5, 5.41) is 14.4. The second-order valence-corrected chi connectivity index (χ2v) is 11.6. The van der Waals surface area contributed by atoms with Gasteiger partial charge in [0.1, 0.15) is 11.9 Å². The SMILES string of the molecule is CCCCC1NC(=O)C(S(=O)(=O)c2ccc(-c3ccnc(F)c3C)cc2)=C(O)N1[C@@H](CC)c1cccc(OC)c1. The minimum absolute atomic E-state index is 0.165. The Morgan fingerprint density at radius 3 is 2.52 bits per heavy atom. The first-order chi connectivity index (χ1) is 19.1. The van der Waals surface area contributed by atoms with Gasteiger partial charge in [-0.05, 0) is 73.2 Å². The molecule has 1 amide bonds. The van der Waals surface area contributed by atoms with E-state index in [2.05, 4.69) is 10.3 Å². The number of carbonyl (C=O) groups excluding carboxylic acids is 1. The molecule has 40 heavy (non-hydrogen) atoms. The zero-order valence-electron chi connectivity index (χ0n) is 23.0. The molecule has 10 heteroatoms. The van der Waals surface area contributed by atoms with Crippen LogP contribution < -0.4 is 10.1 Å². The number of benzene rings is 2. The Morgan fingerprint density at radius 2 is 1.88 bits per heavy atom. The van der Waals surface area contributed by atoms with E-state index >= 15 is 0 Å². The summed E-state index contributed by atoms with van der Waals surface area (Å²) in [7, 11) is -2.87. The van der Waals surface area contributed by atoms with Gasteiger partial charge in [0.2, 0.25) is 21.7 Å². The number of aliphatic hydroxyl groups excluding tert-OH is 1. The number of hydrogen-bond acceptors (Lipinski definition) is 7. The molecule has 2 N–H and O–H groups in total. The molecule has 2 aromatic carbocycles. The van der Waals surface area contributed by atoms with Crippen LogP contribution in [-0.2, 0) is 14.6 Å². The zero-order chi connectivity index (χ0) is 29.0. The van der Waals surface area contributed by atoms with Crippen molar-refractivity contribution < 1.29 is 27.4 Å². The van der Waals surface area contributed by atoms with E-state index < -0.39 is 44.7 Å². The number of methoxy groups -OCH3 is 1. The van der Waals surface area contributed by atoms with Gasteiger partial charge < -0.3 is 20.1 Å². The van der Waals surface area contributed by atoms with E-state index in [0.29, 0.717) is 35.3 Å². The first-order valence-electron chi connectivity index (χ1n) is 13.3. The summed E-state index contributed by atoms with van der Waals surface area (Å²) >= 11 is 0. The molecule has 2 atom stereocenters. The van der Waals surface area contributed by atoms with Gasteiger partial charge >= 0.3 is 0 Å². The van der Waals surface area contributed by atoms with Crippen molar-refractivity contribution in [3.63, 3.8) is 0 Å². The molecule has 1 aromatic heterocycles. The van der Waals surface area contributed by atoms with Crippen LogP contribution >= 0.6 is 0 Å². The lowest BCUT2D eigenvalue weighted by Gasteiger charge is -2.42. The maximum Gasteiger partial charge on any atom is 0.270 e. The topological polar surface area (TPSA) is 109 Å². The average Bonchev–Trinajstić information content (AvgIpc) is 2.95. The van der Waals surface area contributed by atoms with Crippen molar-refractivity contribution in [2.75, 3.05) is 7.11 Å². The van der Waals surface area contributed by atoms with Gasteiger partial charge in [-0.1, -0.05) is 44.5 Å². The molecule has 3 aromatic rings. The second kappa shape index (κ2) is 12.1. The molecule has 0 aliphatic carbocycles. The summed E-state index contributed by atoms with van der Waals surface area (Å²) in [6, 6.07) is 14.3. The van der Waals surface area contributed by atoms with Crippen LogP contribution in [0.1, 0.15) is 56.7 Å². The third-order valence-electron chi connectivity index (χ3n) is 7.21. The number of carbonyl (C=O) groups is 1. The minimum atomic E-state index is -4.43. The molecule has 0 bridgehead atoms. The first-order valence-corrected chi connectivity index (χ1v) is 14.7. The molecule has 1 unspecified atom stereocenters. The number of pyridine rings is 1. The molecule has 0 radical (unpaired) electrons. The van der Waals surface area contributed by atoms with Crippen molar-refractivity contribution in [2.45, 2.75) is 63.6 Å². The van der Waals surface area contributed by atoms with E-state index in [9.17, 15) is 22.7 Å². The molecule has 0 saturated carbocycles. The summed E-state index contributed by atoms with van der Waals surface area (Å²) < 4.78 is 46.9. The van der Waals surface area contributed by atoms with E-state index in [-0.39, 0.29) is 4.90 Å². The molecule has 0 saturated heterocycles. The number of aliphatic hydroxyl groups is 1. The van der Waals surface area contributed by atoms with Crippen LogP contribution in [0.3, 0.4) is 0 Å². The number of ether oxygens (including phenoxy) is 1. The third kappa shape index (κ3) is 5.54. The van der Waals surface area contributed by atoms with E-state index in [0.717, 1.165) is 18.4 Å². The number of aromatic nitrogens is 1. The highest BCUT2D eigenvalue weighted by Gasteiger charge is 2.43. The summed E-state index contributed by atoms with van der Waals surface area (Å²) in [5.41, 5.74) is 2.31. The molecule has 8 nitrogen and oxygen atoms in total. The lowest BCUT2D eigenvalue weighted by Crippen LogP contribution is -2.55. The third-order valence-corrected chi connectivity index (χ3v) is 9.00. The number of unbranched alkanes of at least 4 members (excludes halogenated alkanes) is 1. The van der Waals surface area contributed by atoms with Crippen molar-refractivity contribution in [1.82, 2.24) is 15.2 Å². The van der Waals surface area contributed by atoms with Gasteiger partial charge in [0.25, 0.3) is 5.91 Å². The van der Waals surface area contributed by atoms with Crippen LogP contribution in [0, 0.1) is 12.9 Å². The number of sulfone groups is 1. The molecular weight excluding hydrogens is 533 g/mol. The van der Waals surface area contributed by atoms with E-state index in [1.54, 1.807) is 43.2 Å². The standard InChI is InChI=1S/C30H34FN3O5S/c1-5-7-11-26-33-29(35)27(30(36)34(26)25(6-2)21-9-8-10-22(18-21)39-4)40(37,38)23-14-12-20(13-15-23)24-16-17-32-28(31)19(24)3/h8-10,12-18,25-26,36H,5-7,11H2,1-4H3,(H,33,35)/t25-,26?/m0/s1. The van der Waals surface area contributed by atoms with E-state index in [1.165, 1.54) is 18.3 Å². The number of amides is 1. The Balaban J connectivity index is 1.79. The molecule has 0 fully saturated rings. The summed E-state index contributed by atoms with van der Waals surface area (Å²) in [4.78, 5) is 17.6. The van der Waals surface area contributed by atoms with Gasteiger partial charge in [-0.15, -0.1) is 0 Å². The predicted molar refractivity (Wildman–Crippen MR) is 151 cm³/mol. The Bertz CT molecular complexity index is 1520. The van der Waals surface area contributed by atoms with Crippen molar-refractivity contribution in [1.29, 1.82) is 0 Å². The van der Waals surface area contributed by atoms with Gasteiger partial charge in [-0.3, -0.25) is 4.79 Å². The van der Waals surface area contributed by atoms with Gasteiger partial charge in [-0.2, -0.15) is 4.39 Å². The smallest absolute Gasteiger partial charge is 0.270 e. The molecule has 0 spiro atoms. The molecule has 1 aliphatic heterocycles. The normalized spacial score (nSPS) is 16.6. The Hall–Kier alpha value is -3.92. The van der Waals surface area contributed by atoms with Crippen LogP contribution in [-0.4, -0.2) is 42.6 Å². The predicted octanol–water partition coefficient (Wildman–Crippen LogP) is 5.80. The van der Waals surface area contributed by atoms with Crippen molar-refractivity contribution in [3.8, 4) is 16.9 Å². The monoisotopic (exact) mass is 567 g/mol. The fraction of sp³-hybridized carbons (Fsp3) is 0.333. The average molecular weight is 568 g/mol. The van der Waals surface area contributed by atoms with Crippen molar-refractivity contribution in [2.24, 2.45) is 0 Å². The van der Waals surface area contributed by atoms with Crippen LogP contribution in [0.5, 0.6) is 5.75 Å². The lowest BCUT2D eigenvalue weighted by atomic mass is 10.00. The Morgan fingerprint density at radius 1 is 1.15 bits per heavy atom. The largest absolute Gasteiger partial charge is 0.497 e. The summed E-state index contributed by atoms with van der Waals surface area (Å²) in [6.45, 7) is 5.54. The lowest BCUT2D eigenvalue weighted by molar-refractivity contribution is -0.121. The van der Waals surface area contributed by atoms with Crippen molar-refractivity contribution >= 4 is 15.7 Å².